The molecule has 4 aromatic rings. The van der Waals surface area contributed by atoms with Crippen LogP contribution in [0, 0.1) is 5.41 Å². The number of benzene rings is 3. The summed E-state index contributed by atoms with van der Waals surface area (Å²) in [6, 6.07) is 20.7. The van der Waals surface area contributed by atoms with Crippen LogP contribution in [0.1, 0.15) is 63.9 Å². The van der Waals surface area contributed by atoms with Crippen LogP contribution in [-0.4, -0.2) is 20.2 Å². The Morgan fingerprint density at radius 3 is 2.15 bits per heavy atom. The lowest BCUT2D eigenvalue weighted by molar-refractivity contribution is 0.254. The smallest absolute Gasteiger partial charge is 0.177 e. The van der Waals surface area contributed by atoms with Crippen LogP contribution < -0.4 is 10.1 Å². The van der Waals surface area contributed by atoms with Crippen molar-refractivity contribution >= 4 is 46.6 Å². The van der Waals surface area contributed by atoms with Crippen LogP contribution in [-0.2, 0) is 5.54 Å². The standard InChI is InChI=1S/C31H32Cl3N5O/c1-30(2,3)28(17-7-21-6-8-23(33)20-27(21)34)39-29(36-37-38-39)31(18-4-5-19-31)35-24-11-15-26(16-12-24)40-25-13-9-22(32)10-14-25/h6-17,20,28,35H,4-5,18-19H2,1-3H3/t28-/m0/s1. The van der Waals surface area contributed by atoms with Crippen LogP contribution >= 0.6 is 34.8 Å². The molecule has 0 bridgehead atoms. The lowest BCUT2D eigenvalue weighted by Crippen LogP contribution is -2.38. The molecule has 1 saturated carbocycles. The van der Waals surface area contributed by atoms with Gasteiger partial charge in [-0.1, -0.05) is 86.6 Å². The molecule has 0 radical (unpaired) electrons. The SMILES string of the molecule is CC(C)(C)[C@H](C=Cc1ccc(Cl)cc1Cl)n1nnnc1C1(Nc2ccc(Oc3ccc(Cl)cc3)cc2)CCCC1. The molecule has 1 aliphatic rings. The Balaban J connectivity index is 1.42. The van der Waals surface area contributed by atoms with Gasteiger partial charge in [-0.15, -0.1) is 5.10 Å². The van der Waals surface area contributed by atoms with E-state index in [1.165, 1.54) is 0 Å². The number of halogens is 3. The average molecular weight is 597 g/mol. The van der Waals surface area contributed by atoms with Crippen LogP contribution in [0.5, 0.6) is 11.5 Å². The fourth-order valence-corrected chi connectivity index (χ4v) is 5.77. The van der Waals surface area contributed by atoms with Gasteiger partial charge in [-0.3, -0.25) is 0 Å². The number of hydrogen-bond donors (Lipinski definition) is 1. The number of allylic oxidation sites excluding steroid dienone is 1. The molecule has 5 rings (SSSR count). The van der Waals surface area contributed by atoms with Crippen molar-refractivity contribution < 1.29 is 4.74 Å². The second-order valence-electron chi connectivity index (χ2n) is 11.3. The third-order valence-electron chi connectivity index (χ3n) is 7.24. The van der Waals surface area contributed by atoms with E-state index in [1.54, 1.807) is 6.07 Å². The molecule has 1 aliphatic carbocycles. The second-order valence-corrected chi connectivity index (χ2v) is 12.6. The highest BCUT2D eigenvalue weighted by Crippen LogP contribution is 2.43. The van der Waals surface area contributed by atoms with E-state index < -0.39 is 5.54 Å². The van der Waals surface area contributed by atoms with E-state index in [4.69, 9.17) is 39.5 Å². The van der Waals surface area contributed by atoms with Crippen molar-refractivity contribution in [1.29, 1.82) is 0 Å². The number of rotatable bonds is 8. The van der Waals surface area contributed by atoms with Crippen LogP contribution in [0.25, 0.3) is 6.08 Å². The zero-order chi connectivity index (χ0) is 28.3. The van der Waals surface area contributed by atoms with Gasteiger partial charge in [0.1, 0.15) is 11.5 Å². The Hall–Kier alpha value is -3.06. The number of anilines is 1. The van der Waals surface area contributed by atoms with Gasteiger partial charge in [0.05, 0.1) is 11.6 Å². The van der Waals surface area contributed by atoms with Gasteiger partial charge in [-0.05, 0) is 94.9 Å². The molecule has 1 aromatic heterocycles. The van der Waals surface area contributed by atoms with Crippen LogP contribution in [0.15, 0.2) is 72.8 Å². The number of nitrogens with zero attached hydrogens (tertiary/aromatic N) is 4. The predicted octanol–water partition coefficient (Wildman–Crippen LogP) is 9.61. The fourth-order valence-electron chi connectivity index (χ4n) is 5.17. The van der Waals surface area contributed by atoms with E-state index in [0.717, 1.165) is 54.3 Å². The summed E-state index contributed by atoms with van der Waals surface area (Å²) in [5.74, 6) is 2.31. The van der Waals surface area contributed by atoms with Gasteiger partial charge >= 0.3 is 0 Å². The van der Waals surface area contributed by atoms with Gasteiger partial charge in [0.2, 0.25) is 0 Å². The molecule has 0 aliphatic heterocycles. The number of tetrazole rings is 1. The Morgan fingerprint density at radius 2 is 1.52 bits per heavy atom. The van der Waals surface area contributed by atoms with E-state index in [-0.39, 0.29) is 11.5 Å². The normalized spacial score (nSPS) is 15.8. The summed E-state index contributed by atoms with van der Waals surface area (Å²) in [7, 11) is 0. The van der Waals surface area contributed by atoms with Gasteiger partial charge in [-0.25, -0.2) is 4.68 Å². The van der Waals surface area contributed by atoms with E-state index in [9.17, 15) is 0 Å². The van der Waals surface area contributed by atoms with Crippen molar-refractivity contribution in [2.75, 3.05) is 5.32 Å². The second kappa shape index (κ2) is 11.8. The molecule has 0 amide bonds. The molecule has 0 spiro atoms. The molecular weight excluding hydrogens is 565 g/mol. The molecule has 0 saturated heterocycles. The first kappa shape index (κ1) is 28.5. The van der Waals surface area contributed by atoms with E-state index in [0.29, 0.717) is 15.1 Å². The molecule has 208 valence electrons. The van der Waals surface area contributed by atoms with Crippen molar-refractivity contribution in [1.82, 2.24) is 20.2 Å². The summed E-state index contributed by atoms with van der Waals surface area (Å²) in [5.41, 5.74) is 1.32. The Labute approximate surface area is 250 Å². The minimum Gasteiger partial charge on any atom is -0.457 e. The summed E-state index contributed by atoms with van der Waals surface area (Å²) in [6.45, 7) is 6.56. The maximum atomic E-state index is 6.46. The van der Waals surface area contributed by atoms with Crippen molar-refractivity contribution in [2.45, 2.75) is 58.0 Å². The minimum atomic E-state index is -0.392. The summed E-state index contributed by atoms with van der Waals surface area (Å²) >= 11 is 18.5. The molecule has 6 nitrogen and oxygen atoms in total. The van der Waals surface area contributed by atoms with Gasteiger partial charge in [0.25, 0.3) is 0 Å². The van der Waals surface area contributed by atoms with Crippen molar-refractivity contribution in [2.24, 2.45) is 5.41 Å². The summed E-state index contributed by atoms with van der Waals surface area (Å²) in [6.07, 6.45) is 8.19. The van der Waals surface area contributed by atoms with E-state index >= 15 is 0 Å². The number of aromatic nitrogens is 4. The van der Waals surface area contributed by atoms with Crippen molar-refractivity contribution in [3.05, 3.63) is 99.3 Å². The lowest BCUT2D eigenvalue weighted by Gasteiger charge is -2.35. The molecule has 9 heteroatoms. The molecule has 1 N–H and O–H groups in total. The maximum absolute atomic E-state index is 6.46. The minimum absolute atomic E-state index is 0.112. The first-order valence-corrected chi connectivity index (χ1v) is 14.5. The van der Waals surface area contributed by atoms with E-state index in [2.05, 4.69) is 47.7 Å². The van der Waals surface area contributed by atoms with Gasteiger partial charge in [-0.2, -0.15) is 0 Å². The first-order chi connectivity index (χ1) is 19.1. The fraction of sp³-hybridized carbons (Fsp3) is 0.323. The van der Waals surface area contributed by atoms with Crippen LogP contribution in [0.4, 0.5) is 5.69 Å². The quantitative estimate of drug-likeness (QED) is 0.219. The molecule has 40 heavy (non-hydrogen) atoms. The molecule has 3 aromatic carbocycles. The molecule has 0 unspecified atom stereocenters. The maximum Gasteiger partial charge on any atom is 0.177 e. The molecule has 1 fully saturated rings. The molecular formula is C31H32Cl3N5O. The molecule has 1 heterocycles. The van der Waals surface area contributed by atoms with Crippen molar-refractivity contribution in [3.63, 3.8) is 0 Å². The number of hydrogen-bond acceptors (Lipinski definition) is 5. The van der Waals surface area contributed by atoms with Gasteiger partial charge in [0.15, 0.2) is 5.82 Å². The van der Waals surface area contributed by atoms with Gasteiger partial charge in [0, 0.05) is 20.8 Å². The average Bonchev–Trinajstić information content (AvgIpc) is 3.58. The third kappa shape index (κ3) is 6.46. The van der Waals surface area contributed by atoms with Crippen molar-refractivity contribution in [3.8, 4) is 11.5 Å². The third-order valence-corrected chi connectivity index (χ3v) is 8.05. The predicted molar refractivity (Wildman–Crippen MR) is 164 cm³/mol. The van der Waals surface area contributed by atoms with E-state index in [1.807, 2.05) is 71.4 Å². The van der Waals surface area contributed by atoms with Gasteiger partial charge < -0.3 is 10.1 Å². The number of nitrogens with one attached hydrogen (secondary N) is 1. The largest absolute Gasteiger partial charge is 0.457 e. The monoisotopic (exact) mass is 595 g/mol. The zero-order valence-corrected chi connectivity index (χ0v) is 25.0. The summed E-state index contributed by atoms with van der Waals surface area (Å²) in [5, 5.41) is 18.9. The summed E-state index contributed by atoms with van der Waals surface area (Å²) in [4.78, 5) is 0. The zero-order valence-electron chi connectivity index (χ0n) is 22.7. The Bertz CT molecular complexity index is 1470. The highest BCUT2D eigenvalue weighted by Gasteiger charge is 2.42. The highest BCUT2D eigenvalue weighted by atomic mass is 35.5. The molecule has 1 atom stereocenters. The lowest BCUT2D eigenvalue weighted by atomic mass is 9.85. The first-order valence-electron chi connectivity index (χ1n) is 13.4. The topological polar surface area (TPSA) is 64.9 Å². The highest BCUT2D eigenvalue weighted by molar-refractivity contribution is 6.35. The Morgan fingerprint density at radius 1 is 0.900 bits per heavy atom. The summed E-state index contributed by atoms with van der Waals surface area (Å²) < 4.78 is 7.94. The van der Waals surface area contributed by atoms with Crippen LogP contribution in [0.3, 0.4) is 0 Å². The van der Waals surface area contributed by atoms with Crippen LogP contribution in [0.2, 0.25) is 15.1 Å². The number of ether oxygens (including phenoxy) is 1. The Kier molecular flexibility index (Phi) is 8.41.